The summed E-state index contributed by atoms with van der Waals surface area (Å²) in [5.74, 6) is 5.30. The molecule has 4 N–H and O–H groups in total. The van der Waals surface area contributed by atoms with E-state index in [-0.39, 0.29) is 5.02 Å². The third-order valence-corrected chi connectivity index (χ3v) is 2.17. The maximum absolute atomic E-state index is 12.9. The number of halogens is 2. The fraction of sp³-hybridized carbons (Fsp3) is 0.300. The van der Waals surface area contributed by atoms with Gasteiger partial charge in [0.1, 0.15) is 5.82 Å². The van der Waals surface area contributed by atoms with Gasteiger partial charge in [0.05, 0.1) is 11.6 Å². The van der Waals surface area contributed by atoms with Crippen LogP contribution in [0.2, 0.25) is 5.02 Å². The lowest BCUT2D eigenvalue weighted by molar-refractivity contribution is 0.627. The number of nitrogens with one attached hydrogen (secondary N) is 2. The second kappa shape index (κ2) is 6.30. The Bertz CT molecular complexity index is 381. The largest absolute Gasteiger partial charge is 0.356 e. The van der Waals surface area contributed by atoms with Crippen LogP contribution in [0.3, 0.4) is 0 Å². The van der Waals surface area contributed by atoms with E-state index in [0.717, 1.165) is 5.56 Å². The zero-order chi connectivity index (χ0) is 12.0. The number of hydrogen-bond donors (Lipinski definition) is 3. The SMILES string of the molecule is CCNC(=NCc1ccc(F)c(Cl)c1)NN. The molecule has 4 nitrogen and oxygen atoms in total. The predicted molar refractivity (Wildman–Crippen MR) is 63.5 cm³/mol. The van der Waals surface area contributed by atoms with E-state index in [9.17, 15) is 4.39 Å². The lowest BCUT2D eigenvalue weighted by Gasteiger charge is -2.06. The van der Waals surface area contributed by atoms with Crippen LogP contribution in [0.4, 0.5) is 4.39 Å². The Morgan fingerprint density at radius 2 is 2.31 bits per heavy atom. The van der Waals surface area contributed by atoms with Crippen molar-refractivity contribution in [3.05, 3.63) is 34.6 Å². The Kier molecular flexibility index (Phi) is 5.01. The second-order valence-electron chi connectivity index (χ2n) is 3.09. The summed E-state index contributed by atoms with van der Waals surface area (Å²) in [6, 6.07) is 4.49. The van der Waals surface area contributed by atoms with E-state index < -0.39 is 5.82 Å². The highest BCUT2D eigenvalue weighted by atomic mass is 35.5. The Morgan fingerprint density at radius 1 is 1.56 bits per heavy atom. The molecule has 6 heteroatoms. The standard InChI is InChI=1S/C10H14ClFN4/c1-2-14-10(16-13)15-6-7-3-4-9(12)8(11)5-7/h3-5H,2,6,13H2,1H3,(H2,14,15,16). The summed E-state index contributed by atoms with van der Waals surface area (Å²) in [6.45, 7) is 3.03. The summed E-state index contributed by atoms with van der Waals surface area (Å²) < 4.78 is 12.9. The Hall–Kier alpha value is -1.33. The van der Waals surface area contributed by atoms with Gasteiger partial charge in [-0.15, -0.1) is 0 Å². The molecule has 0 radical (unpaired) electrons. The van der Waals surface area contributed by atoms with Crippen LogP contribution in [0.15, 0.2) is 23.2 Å². The highest BCUT2D eigenvalue weighted by Gasteiger charge is 2.00. The number of aliphatic imine (C=N–C) groups is 1. The van der Waals surface area contributed by atoms with E-state index in [1.165, 1.54) is 6.07 Å². The van der Waals surface area contributed by atoms with Gasteiger partial charge in [0.2, 0.25) is 5.96 Å². The van der Waals surface area contributed by atoms with Gasteiger partial charge in [0.15, 0.2) is 0 Å². The molecular formula is C10H14ClFN4. The average Bonchev–Trinajstić information content (AvgIpc) is 2.28. The first-order chi connectivity index (χ1) is 7.67. The number of nitrogens with zero attached hydrogens (tertiary/aromatic N) is 1. The van der Waals surface area contributed by atoms with Gasteiger partial charge in [-0.3, -0.25) is 5.43 Å². The van der Waals surface area contributed by atoms with E-state index in [1.54, 1.807) is 12.1 Å². The molecule has 0 heterocycles. The van der Waals surface area contributed by atoms with Crippen LogP contribution in [-0.2, 0) is 6.54 Å². The Morgan fingerprint density at radius 3 is 2.88 bits per heavy atom. The van der Waals surface area contributed by atoms with Crippen molar-refractivity contribution in [2.45, 2.75) is 13.5 Å². The fourth-order valence-electron chi connectivity index (χ4n) is 1.13. The highest BCUT2D eigenvalue weighted by Crippen LogP contribution is 2.16. The lowest BCUT2D eigenvalue weighted by Crippen LogP contribution is -2.41. The van der Waals surface area contributed by atoms with Crippen molar-refractivity contribution in [1.82, 2.24) is 10.7 Å². The third kappa shape index (κ3) is 3.67. The molecule has 0 saturated heterocycles. The summed E-state index contributed by atoms with van der Waals surface area (Å²) >= 11 is 5.64. The predicted octanol–water partition coefficient (Wildman–Crippen LogP) is 1.41. The van der Waals surface area contributed by atoms with Crippen molar-refractivity contribution in [2.24, 2.45) is 10.8 Å². The Balaban J connectivity index is 2.69. The number of benzene rings is 1. The van der Waals surface area contributed by atoms with Crippen LogP contribution in [0, 0.1) is 5.82 Å². The van der Waals surface area contributed by atoms with Gasteiger partial charge in [0, 0.05) is 6.54 Å². The fourth-order valence-corrected chi connectivity index (χ4v) is 1.33. The number of rotatable bonds is 3. The highest BCUT2D eigenvalue weighted by molar-refractivity contribution is 6.30. The van der Waals surface area contributed by atoms with Crippen molar-refractivity contribution in [2.75, 3.05) is 6.54 Å². The first-order valence-corrected chi connectivity index (χ1v) is 5.24. The van der Waals surface area contributed by atoms with E-state index in [0.29, 0.717) is 19.0 Å². The van der Waals surface area contributed by atoms with Gasteiger partial charge in [-0.25, -0.2) is 15.2 Å². The minimum Gasteiger partial charge on any atom is -0.356 e. The van der Waals surface area contributed by atoms with E-state index in [2.05, 4.69) is 15.7 Å². The molecule has 1 aromatic carbocycles. The maximum Gasteiger partial charge on any atom is 0.206 e. The van der Waals surface area contributed by atoms with E-state index >= 15 is 0 Å². The van der Waals surface area contributed by atoms with E-state index in [4.69, 9.17) is 17.4 Å². The molecule has 0 atom stereocenters. The molecule has 0 bridgehead atoms. The van der Waals surface area contributed by atoms with Crippen molar-refractivity contribution in [3.8, 4) is 0 Å². The summed E-state index contributed by atoms with van der Waals surface area (Å²) in [7, 11) is 0. The number of hydrazine groups is 1. The molecule has 16 heavy (non-hydrogen) atoms. The van der Waals surface area contributed by atoms with Gasteiger partial charge in [0.25, 0.3) is 0 Å². The zero-order valence-electron chi connectivity index (χ0n) is 8.93. The van der Waals surface area contributed by atoms with Gasteiger partial charge < -0.3 is 5.32 Å². The lowest BCUT2D eigenvalue weighted by atomic mass is 10.2. The number of hydrogen-bond acceptors (Lipinski definition) is 2. The maximum atomic E-state index is 12.9. The number of guanidine groups is 1. The monoisotopic (exact) mass is 244 g/mol. The smallest absolute Gasteiger partial charge is 0.206 e. The van der Waals surface area contributed by atoms with Crippen molar-refractivity contribution < 1.29 is 4.39 Å². The molecule has 0 fully saturated rings. The first kappa shape index (κ1) is 12.7. The number of nitrogens with two attached hydrogens (primary N) is 1. The summed E-state index contributed by atoms with van der Waals surface area (Å²) in [5.41, 5.74) is 3.25. The molecule has 0 aliphatic heterocycles. The van der Waals surface area contributed by atoms with Crippen LogP contribution in [0.1, 0.15) is 12.5 Å². The van der Waals surface area contributed by atoms with Crippen LogP contribution in [-0.4, -0.2) is 12.5 Å². The molecule has 1 rings (SSSR count). The van der Waals surface area contributed by atoms with Crippen LogP contribution < -0.4 is 16.6 Å². The minimum atomic E-state index is -0.432. The minimum absolute atomic E-state index is 0.0957. The molecule has 0 amide bonds. The van der Waals surface area contributed by atoms with Crippen molar-refractivity contribution >= 4 is 17.6 Å². The van der Waals surface area contributed by atoms with Gasteiger partial charge in [-0.1, -0.05) is 17.7 Å². The molecule has 0 spiro atoms. The van der Waals surface area contributed by atoms with Gasteiger partial charge in [-0.2, -0.15) is 0 Å². The summed E-state index contributed by atoms with van der Waals surface area (Å²) in [6.07, 6.45) is 0. The Labute approximate surface area is 98.7 Å². The third-order valence-electron chi connectivity index (χ3n) is 1.88. The quantitative estimate of drug-likeness (QED) is 0.326. The van der Waals surface area contributed by atoms with Crippen molar-refractivity contribution in [3.63, 3.8) is 0 Å². The van der Waals surface area contributed by atoms with Crippen molar-refractivity contribution in [1.29, 1.82) is 0 Å². The summed E-state index contributed by atoms with van der Waals surface area (Å²) in [5, 5.41) is 3.03. The topological polar surface area (TPSA) is 62.4 Å². The van der Waals surface area contributed by atoms with Crippen LogP contribution in [0.25, 0.3) is 0 Å². The molecule has 0 aliphatic carbocycles. The van der Waals surface area contributed by atoms with Crippen LogP contribution >= 0.6 is 11.6 Å². The molecule has 88 valence electrons. The summed E-state index contributed by atoms with van der Waals surface area (Å²) in [4.78, 5) is 4.16. The second-order valence-corrected chi connectivity index (χ2v) is 3.50. The van der Waals surface area contributed by atoms with Gasteiger partial charge in [-0.05, 0) is 24.6 Å². The van der Waals surface area contributed by atoms with E-state index in [1.807, 2.05) is 6.92 Å². The van der Waals surface area contributed by atoms with Gasteiger partial charge >= 0.3 is 0 Å². The van der Waals surface area contributed by atoms with Crippen LogP contribution in [0.5, 0.6) is 0 Å². The normalized spacial score (nSPS) is 11.4. The first-order valence-electron chi connectivity index (χ1n) is 4.86. The molecule has 0 aromatic heterocycles. The molecule has 1 aromatic rings. The molecule has 0 saturated carbocycles. The molecular weight excluding hydrogens is 231 g/mol. The average molecular weight is 245 g/mol. The zero-order valence-corrected chi connectivity index (χ0v) is 9.68. The molecule has 0 unspecified atom stereocenters. The molecule has 0 aliphatic rings.